The zero-order valence-electron chi connectivity index (χ0n) is 20.2. The molecule has 2 aromatic rings. The molecule has 4 aliphatic rings. The van der Waals surface area contributed by atoms with Crippen molar-refractivity contribution in [3.8, 4) is 11.5 Å². The molecule has 1 fully saturated rings. The molecule has 0 bridgehead atoms. The predicted octanol–water partition coefficient (Wildman–Crippen LogP) is 3.63. The zero-order valence-corrected chi connectivity index (χ0v) is 20.2. The van der Waals surface area contributed by atoms with Gasteiger partial charge >= 0.3 is 0 Å². The van der Waals surface area contributed by atoms with Crippen LogP contribution in [0.15, 0.2) is 77.1 Å². The topological polar surface area (TPSA) is 51.2 Å². The van der Waals surface area contributed by atoms with Gasteiger partial charge in [-0.1, -0.05) is 18.2 Å². The van der Waals surface area contributed by atoms with Crippen LogP contribution in [0, 0.1) is 0 Å². The second kappa shape index (κ2) is 9.40. The van der Waals surface area contributed by atoms with Crippen LogP contribution in [0.4, 0.5) is 0 Å². The van der Waals surface area contributed by atoms with E-state index in [1.54, 1.807) is 7.11 Å². The van der Waals surface area contributed by atoms with Crippen LogP contribution in [0.3, 0.4) is 0 Å². The molecule has 0 radical (unpaired) electrons. The summed E-state index contributed by atoms with van der Waals surface area (Å²) in [5.74, 6) is 2.16. The summed E-state index contributed by atoms with van der Waals surface area (Å²) >= 11 is 0. The molecule has 6 rings (SSSR count). The Bertz CT molecular complexity index is 1360. The van der Waals surface area contributed by atoms with Crippen LogP contribution in [-0.4, -0.2) is 56.6 Å². The molecule has 3 aliphatic carbocycles. The van der Waals surface area contributed by atoms with Crippen molar-refractivity contribution in [1.29, 1.82) is 0 Å². The molecule has 0 saturated carbocycles. The summed E-state index contributed by atoms with van der Waals surface area (Å²) in [5, 5.41) is 12.6. The van der Waals surface area contributed by atoms with Gasteiger partial charge in [0.25, 0.3) is 0 Å². The van der Waals surface area contributed by atoms with E-state index in [2.05, 4.69) is 47.4 Å². The highest BCUT2D eigenvalue weighted by atomic mass is 16.5. The Hall–Kier alpha value is -3.28. The molecule has 0 amide bonds. The first-order valence-electron chi connectivity index (χ1n) is 12.5. The first-order valence-corrected chi connectivity index (χ1v) is 12.5. The second-order valence-electron chi connectivity index (χ2n) is 9.45. The average Bonchev–Trinajstić information content (AvgIpc) is 3.23. The summed E-state index contributed by atoms with van der Waals surface area (Å²) in [6, 6.07) is 14.9. The normalized spacial score (nSPS) is 19.6. The van der Waals surface area contributed by atoms with E-state index in [0.717, 1.165) is 63.6 Å². The highest BCUT2D eigenvalue weighted by Crippen LogP contribution is 2.45. The molecule has 35 heavy (non-hydrogen) atoms. The van der Waals surface area contributed by atoms with Crippen LogP contribution in [0.25, 0.3) is 11.1 Å². The van der Waals surface area contributed by atoms with Crippen molar-refractivity contribution in [2.45, 2.75) is 19.3 Å². The molecule has 1 N–H and O–H groups in total. The Kier molecular flexibility index (Phi) is 5.96. The second-order valence-corrected chi connectivity index (χ2v) is 9.45. The van der Waals surface area contributed by atoms with E-state index < -0.39 is 0 Å². The van der Waals surface area contributed by atoms with E-state index in [0.29, 0.717) is 12.4 Å². The first-order chi connectivity index (χ1) is 17.2. The number of nitrogens with zero attached hydrogens (tertiary/aromatic N) is 1. The fraction of sp³-hybridized carbons (Fsp3) is 0.333. The lowest BCUT2D eigenvalue weighted by Crippen LogP contribution is -2.38. The Labute approximate surface area is 205 Å². The smallest absolute Gasteiger partial charge is 0.119 e. The third kappa shape index (κ3) is 4.19. The van der Waals surface area contributed by atoms with Crippen LogP contribution in [0.2, 0.25) is 0 Å². The van der Waals surface area contributed by atoms with E-state index >= 15 is 0 Å². The van der Waals surface area contributed by atoms with Crippen LogP contribution in [0.1, 0.15) is 24.8 Å². The molecule has 0 aromatic heterocycles. The quantitative estimate of drug-likeness (QED) is 0.700. The third-order valence-electron chi connectivity index (χ3n) is 7.47. The molecule has 1 saturated heterocycles. The van der Waals surface area contributed by atoms with Gasteiger partial charge in [0.05, 0.1) is 20.3 Å². The van der Waals surface area contributed by atoms with Crippen molar-refractivity contribution in [2.75, 3.05) is 46.6 Å². The van der Waals surface area contributed by atoms with Gasteiger partial charge in [-0.05, 0) is 99.5 Å². The summed E-state index contributed by atoms with van der Waals surface area (Å²) in [7, 11) is 1.72. The van der Waals surface area contributed by atoms with Gasteiger partial charge in [0, 0.05) is 19.6 Å². The maximum Gasteiger partial charge on any atom is 0.119 e. The number of fused-ring (bicyclic) bond motifs is 3. The van der Waals surface area contributed by atoms with Crippen LogP contribution < -0.4 is 19.9 Å². The lowest BCUT2D eigenvalue weighted by molar-refractivity contribution is 0.0322. The summed E-state index contributed by atoms with van der Waals surface area (Å²) in [6.45, 7) is 5.17. The van der Waals surface area contributed by atoms with Gasteiger partial charge in [0.2, 0.25) is 0 Å². The standard InChI is InChI=1S/C30H31NO4/c1-33-24-8-11-26-28(19-24)27-9-4-21-18-22(32)5-10-25(21)30(27)29(26)20-2-6-23(7-3-20)35-17-14-31-12-15-34-16-13-31/h2-3,5-8,11,18-19,32H,4,9-10,12-17H2,1H3. The lowest BCUT2D eigenvalue weighted by atomic mass is 9.77. The highest BCUT2D eigenvalue weighted by Gasteiger charge is 2.30. The van der Waals surface area contributed by atoms with Gasteiger partial charge < -0.3 is 19.3 Å². The monoisotopic (exact) mass is 469 g/mol. The fourth-order valence-electron chi connectivity index (χ4n) is 5.67. The molecule has 0 unspecified atom stereocenters. The van der Waals surface area contributed by atoms with Crippen molar-refractivity contribution in [2.24, 2.45) is 0 Å². The summed E-state index contributed by atoms with van der Waals surface area (Å²) < 4.78 is 17.0. The Balaban J connectivity index is 1.34. The maximum absolute atomic E-state index is 10.1. The maximum atomic E-state index is 10.1. The predicted molar refractivity (Wildman–Crippen MR) is 137 cm³/mol. The first kappa shape index (κ1) is 22.2. The minimum Gasteiger partial charge on any atom is -0.508 e. The average molecular weight is 470 g/mol. The number of allylic oxidation sites excluding steroid dienone is 5. The SMILES string of the molecule is COc1ccc2c(c1)=C1CCC3=CC(O)=CCC3=C1C=2c1ccc(OCCN2CCOCC2)cc1. The van der Waals surface area contributed by atoms with Crippen molar-refractivity contribution < 1.29 is 19.3 Å². The molecule has 0 atom stereocenters. The van der Waals surface area contributed by atoms with Gasteiger partial charge in [-0.3, -0.25) is 4.90 Å². The van der Waals surface area contributed by atoms with E-state index in [1.165, 1.54) is 43.9 Å². The van der Waals surface area contributed by atoms with Crippen LogP contribution >= 0.6 is 0 Å². The number of hydrogen-bond acceptors (Lipinski definition) is 5. The number of rotatable bonds is 6. The molecule has 5 nitrogen and oxygen atoms in total. The fourth-order valence-corrected chi connectivity index (χ4v) is 5.67. The lowest BCUT2D eigenvalue weighted by Gasteiger charge is -2.27. The van der Waals surface area contributed by atoms with Crippen molar-refractivity contribution >= 4 is 11.1 Å². The molecule has 2 aromatic carbocycles. The van der Waals surface area contributed by atoms with Crippen LogP contribution in [-0.2, 0) is 4.74 Å². The van der Waals surface area contributed by atoms with Crippen molar-refractivity contribution in [1.82, 2.24) is 4.90 Å². The summed E-state index contributed by atoms with van der Waals surface area (Å²) in [5.41, 5.74) is 7.77. The Morgan fingerprint density at radius 1 is 0.914 bits per heavy atom. The number of methoxy groups -OCH3 is 1. The van der Waals surface area contributed by atoms with Gasteiger partial charge in [-0.15, -0.1) is 0 Å². The minimum absolute atomic E-state index is 0.380. The number of ether oxygens (including phenoxy) is 3. The van der Waals surface area contributed by atoms with Gasteiger partial charge in [0.15, 0.2) is 0 Å². The van der Waals surface area contributed by atoms with E-state index in [1.807, 2.05) is 12.2 Å². The number of benzene rings is 2. The largest absolute Gasteiger partial charge is 0.508 e. The summed E-state index contributed by atoms with van der Waals surface area (Å²) in [4.78, 5) is 2.38. The van der Waals surface area contributed by atoms with Gasteiger partial charge in [-0.2, -0.15) is 0 Å². The van der Waals surface area contributed by atoms with E-state index in [-0.39, 0.29) is 0 Å². The molecule has 1 heterocycles. The van der Waals surface area contributed by atoms with Gasteiger partial charge in [-0.25, -0.2) is 0 Å². The Morgan fingerprint density at radius 3 is 2.51 bits per heavy atom. The number of aliphatic hydroxyl groups is 1. The number of morpholine rings is 1. The number of aliphatic hydroxyl groups excluding tert-OH is 1. The van der Waals surface area contributed by atoms with Gasteiger partial charge in [0.1, 0.15) is 23.9 Å². The summed E-state index contributed by atoms with van der Waals surface area (Å²) in [6.07, 6.45) is 6.53. The number of hydrogen-bond donors (Lipinski definition) is 1. The molecular weight excluding hydrogens is 438 g/mol. The molecule has 180 valence electrons. The molecular formula is C30H31NO4. The van der Waals surface area contributed by atoms with E-state index in [9.17, 15) is 5.11 Å². The van der Waals surface area contributed by atoms with Crippen molar-refractivity contribution in [3.05, 3.63) is 93.1 Å². The molecule has 0 spiro atoms. The molecule has 1 aliphatic heterocycles. The highest BCUT2D eigenvalue weighted by molar-refractivity contribution is 5.99. The third-order valence-corrected chi connectivity index (χ3v) is 7.47. The Morgan fingerprint density at radius 2 is 1.71 bits per heavy atom. The molecule has 5 heteroatoms. The van der Waals surface area contributed by atoms with Crippen LogP contribution in [0.5, 0.6) is 11.5 Å². The van der Waals surface area contributed by atoms with E-state index in [4.69, 9.17) is 14.2 Å². The zero-order chi connectivity index (χ0) is 23.8. The minimum atomic E-state index is 0.380. The van der Waals surface area contributed by atoms with Crippen molar-refractivity contribution in [3.63, 3.8) is 0 Å².